The van der Waals surface area contributed by atoms with Gasteiger partial charge in [-0.3, -0.25) is 4.79 Å². The zero-order chi connectivity index (χ0) is 25.8. The summed E-state index contributed by atoms with van der Waals surface area (Å²) in [6.07, 6.45) is 10.2. The minimum Gasteiger partial charge on any atom is -0.462 e. The summed E-state index contributed by atoms with van der Waals surface area (Å²) < 4.78 is 5.88. The lowest BCUT2D eigenvalue weighted by molar-refractivity contribution is -0.276. The third-order valence-electron chi connectivity index (χ3n) is 13.7. The molecule has 0 aliphatic heterocycles. The van der Waals surface area contributed by atoms with E-state index >= 15 is 0 Å². The molecule has 11 atom stereocenters. The number of carbonyl (C=O) groups is 1. The summed E-state index contributed by atoms with van der Waals surface area (Å²) >= 11 is 0. The van der Waals surface area contributed by atoms with Gasteiger partial charge in [0.2, 0.25) is 0 Å². The molecular formula is C32H52O3. The van der Waals surface area contributed by atoms with Gasteiger partial charge >= 0.3 is 5.97 Å². The van der Waals surface area contributed by atoms with Crippen molar-refractivity contribution >= 4 is 5.97 Å². The van der Waals surface area contributed by atoms with Crippen molar-refractivity contribution in [3.05, 3.63) is 12.2 Å². The van der Waals surface area contributed by atoms with E-state index in [1.54, 1.807) is 6.92 Å². The van der Waals surface area contributed by atoms with Gasteiger partial charge in [0.1, 0.15) is 6.10 Å². The van der Waals surface area contributed by atoms with Crippen LogP contribution < -0.4 is 0 Å². The van der Waals surface area contributed by atoms with Crippen LogP contribution in [0.25, 0.3) is 0 Å². The molecule has 0 unspecified atom stereocenters. The van der Waals surface area contributed by atoms with E-state index in [1.807, 2.05) is 0 Å². The zero-order valence-electron chi connectivity index (χ0n) is 23.9. The van der Waals surface area contributed by atoms with Crippen molar-refractivity contribution in [3.8, 4) is 0 Å². The highest BCUT2D eigenvalue weighted by Gasteiger charge is 2.72. The molecule has 5 saturated carbocycles. The largest absolute Gasteiger partial charge is 0.462 e. The Balaban J connectivity index is 1.54. The molecule has 0 heterocycles. The monoisotopic (exact) mass is 484 g/mol. The number of hydrogen-bond donors (Lipinski definition) is 1. The molecule has 198 valence electrons. The fraction of sp³-hybridized carbons (Fsp3) is 0.906. The van der Waals surface area contributed by atoms with Gasteiger partial charge in [0.05, 0.1) is 6.10 Å². The highest BCUT2D eigenvalue weighted by molar-refractivity contribution is 5.66. The van der Waals surface area contributed by atoms with Gasteiger partial charge in [0, 0.05) is 12.3 Å². The van der Waals surface area contributed by atoms with Crippen molar-refractivity contribution in [1.29, 1.82) is 0 Å². The molecule has 3 heteroatoms. The smallest absolute Gasteiger partial charge is 0.302 e. The van der Waals surface area contributed by atoms with E-state index in [2.05, 4.69) is 55.0 Å². The molecule has 0 aromatic heterocycles. The number of allylic oxidation sites excluding steroid dienone is 1. The molecule has 0 radical (unpaired) electrons. The van der Waals surface area contributed by atoms with Crippen molar-refractivity contribution in [2.75, 3.05) is 0 Å². The average Bonchev–Trinajstić information content (AvgIpc) is 3.09. The molecule has 1 N–H and O–H groups in total. The molecule has 5 rings (SSSR count). The van der Waals surface area contributed by atoms with Crippen LogP contribution in [-0.2, 0) is 9.53 Å². The number of hydrogen-bond acceptors (Lipinski definition) is 3. The molecule has 0 bridgehead atoms. The van der Waals surface area contributed by atoms with Gasteiger partial charge in [-0.05, 0) is 116 Å². The Hall–Kier alpha value is -0.830. The number of esters is 1. The predicted octanol–water partition coefficient (Wildman–Crippen LogP) is 7.57. The van der Waals surface area contributed by atoms with Crippen LogP contribution in [0, 0.1) is 56.7 Å². The van der Waals surface area contributed by atoms with Crippen LogP contribution in [0.15, 0.2) is 12.2 Å². The standard InChI is InChI=1S/C32H52O3/c1-19(2)21-10-13-29(6)16-17-31(8)22(26(21)29)18-23(34)27-30(7)14-12-25(35-20(3)33)28(4,5)24(30)11-15-32(27,31)9/h21-27,34H,1,10-18H2,2-9H3/t21-,22+,23-,24-,25-,26+,27+,29+,30-,31+,32+/m0/s1. The Morgan fingerprint density at radius 3 is 2.20 bits per heavy atom. The molecular weight excluding hydrogens is 432 g/mol. The van der Waals surface area contributed by atoms with E-state index in [1.165, 1.54) is 44.1 Å². The van der Waals surface area contributed by atoms with Crippen LogP contribution in [0.3, 0.4) is 0 Å². The van der Waals surface area contributed by atoms with Gasteiger partial charge in [-0.1, -0.05) is 53.7 Å². The predicted molar refractivity (Wildman–Crippen MR) is 142 cm³/mol. The van der Waals surface area contributed by atoms with Crippen molar-refractivity contribution in [2.45, 2.75) is 125 Å². The van der Waals surface area contributed by atoms with Crippen molar-refractivity contribution < 1.29 is 14.6 Å². The van der Waals surface area contributed by atoms with Gasteiger partial charge in [0.15, 0.2) is 0 Å². The summed E-state index contributed by atoms with van der Waals surface area (Å²) in [5.41, 5.74) is 2.16. The third kappa shape index (κ3) is 3.28. The minimum absolute atomic E-state index is 0.0169. The zero-order valence-corrected chi connectivity index (χ0v) is 23.9. The average molecular weight is 485 g/mol. The summed E-state index contributed by atoms with van der Waals surface area (Å²) in [7, 11) is 0. The molecule has 3 nitrogen and oxygen atoms in total. The van der Waals surface area contributed by atoms with Gasteiger partial charge < -0.3 is 9.84 Å². The summed E-state index contributed by atoms with van der Waals surface area (Å²) in [6, 6.07) is 0. The van der Waals surface area contributed by atoms with Gasteiger partial charge in [-0.2, -0.15) is 0 Å². The second-order valence-corrected chi connectivity index (χ2v) is 15.4. The summed E-state index contributed by atoms with van der Waals surface area (Å²) in [5, 5.41) is 12.1. The SMILES string of the molecule is C=C(C)[C@@H]1CC[C@]2(C)CC[C@]3(C)[C@H](C[C@H](O)[C@@H]4[C@@]5(C)CC[C@H](OC(C)=O)C(C)(C)[C@@H]5CC[C@]43C)[C@@H]12. The number of carbonyl (C=O) groups excluding carboxylic acids is 1. The molecule has 0 amide bonds. The lowest BCUT2D eigenvalue weighted by atomic mass is 9.32. The fourth-order valence-electron chi connectivity index (χ4n) is 11.9. The van der Waals surface area contributed by atoms with E-state index in [4.69, 9.17) is 4.74 Å². The van der Waals surface area contributed by atoms with Gasteiger partial charge in [0.25, 0.3) is 0 Å². The van der Waals surface area contributed by atoms with Crippen molar-refractivity contribution in [2.24, 2.45) is 56.7 Å². The molecule has 35 heavy (non-hydrogen) atoms. The van der Waals surface area contributed by atoms with Gasteiger partial charge in [-0.25, -0.2) is 0 Å². The lowest BCUT2D eigenvalue weighted by Crippen LogP contribution is -2.70. The first-order chi connectivity index (χ1) is 16.1. The Morgan fingerprint density at radius 1 is 0.886 bits per heavy atom. The minimum atomic E-state index is -0.249. The molecule has 0 saturated heterocycles. The molecule has 0 spiro atoms. The molecule has 0 aromatic carbocycles. The Kier molecular flexibility index (Phi) is 5.78. The number of aliphatic hydroxyl groups is 1. The van der Waals surface area contributed by atoms with E-state index < -0.39 is 0 Å². The fourth-order valence-corrected chi connectivity index (χ4v) is 11.9. The number of fused-ring (bicyclic) bond motifs is 7. The van der Waals surface area contributed by atoms with E-state index in [-0.39, 0.29) is 39.8 Å². The summed E-state index contributed by atoms with van der Waals surface area (Å²) in [5.74, 6) is 2.46. The summed E-state index contributed by atoms with van der Waals surface area (Å²) in [4.78, 5) is 11.9. The van der Waals surface area contributed by atoms with Crippen LogP contribution in [0.1, 0.15) is 113 Å². The second kappa shape index (κ2) is 7.84. The Labute approximate surface area is 214 Å². The first kappa shape index (κ1) is 25.8. The maximum Gasteiger partial charge on any atom is 0.302 e. The van der Waals surface area contributed by atoms with Crippen LogP contribution in [0.5, 0.6) is 0 Å². The lowest BCUT2D eigenvalue weighted by Gasteiger charge is -2.73. The van der Waals surface area contributed by atoms with Crippen molar-refractivity contribution in [1.82, 2.24) is 0 Å². The number of aliphatic hydroxyl groups excluding tert-OH is 1. The molecule has 5 aliphatic rings. The van der Waals surface area contributed by atoms with Crippen LogP contribution in [0.2, 0.25) is 0 Å². The summed E-state index contributed by atoms with van der Waals surface area (Å²) in [6.45, 7) is 23.2. The third-order valence-corrected chi connectivity index (χ3v) is 13.7. The van der Waals surface area contributed by atoms with Crippen molar-refractivity contribution in [3.63, 3.8) is 0 Å². The highest BCUT2D eigenvalue weighted by Crippen LogP contribution is 2.77. The maximum atomic E-state index is 12.1. The first-order valence-electron chi connectivity index (χ1n) is 14.6. The highest BCUT2D eigenvalue weighted by atomic mass is 16.5. The van der Waals surface area contributed by atoms with Crippen LogP contribution in [0.4, 0.5) is 0 Å². The molecule has 5 aliphatic carbocycles. The van der Waals surface area contributed by atoms with Crippen LogP contribution >= 0.6 is 0 Å². The van der Waals surface area contributed by atoms with E-state index in [0.717, 1.165) is 19.3 Å². The normalized spacial score (nSPS) is 54.6. The Morgan fingerprint density at radius 2 is 1.57 bits per heavy atom. The van der Waals surface area contributed by atoms with Crippen LogP contribution in [-0.4, -0.2) is 23.3 Å². The number of rotatable bonds is 2. The maximum absolute atomic E-state index is 12.1. The second-order valence-electron chi connectivity index (χ2n) is 15.4. The molecule has 0 aromatic rings. The topological polar surface area (TPSA) is 46.5 Å². The van der Waals surface area contributed by atoms with E-state index in [9.17, 15) is 9.90 Å². The Bertz CT molecular complexity index is 906. The molecule has 5 fully saturated rings. The van der Waals surface area contributed by atoms with E-state index in [0.29, 0.717) is 35.0 Å². The van der Waals surface area contributed by atoms with Gasteiger partial charge in [-0.15, -0.1) is 0 Å². The quantitative estimate of drug-likeness (QED) is 0.325. The first-order valence-corrected chi connectivity index (χ1v) is 14.6. The number of ether oxygens (including phenoxy) is 1.